The lowest BCUT2D eigenvalue weighted by Crippen LogP contribution is -2.34. The Bertz CT molecular complexity index is 884. The second-order valence-electron chi connectivity index (χ2n) is 5.51. The Labute approximate surface area is 143 Å². The van der Waals surface area contributed by atoms with Crippen molar-refractivity contribution < 1.29 is 27.9 Å². The second kappa shape index (κ2) is 5.89. The van der Waals surface area contributed by atoms with E-state index in [2.05, 4.69) is 25.9 Å². The largest absolute Gasteiger partial charge is 0.479 e. The summed E-state index contributed by atoms with van der Waals surface area (Å²) in [6.45, 7) is 0. The maximum absolute atomic E-state index is 12.9. The van der Waals surface area contributed by atoms with Crippen molar-refractivity contribution in [3.8, 4) is 0 Å². The van der Waals surface area contributed by atoms with Crippen LogP contribution < -0.4 is 5.32 Å². The van der Waals surface area contributed by atoms with Crippen molar-refractivity contribution in [1.29, 1.82) is 0 Å². The maximum Gasteiger partial charge on any atom is 0.442 e. The molecule has 12 heteroatoms. The number of hydrogen-bond acceptors (Lipinski definition) is 6. The molecule has 1 aliphatic heterocycles. The van der Waals surface area contributed by atoms with E-state index in [9.17, 15) is 27.9 Å². The molecule has 9 nitrogen and oxygen atoms in total. The number of carbonyl (C=O) groups excluding carboxylic acids is 1. The van der Waals surface area contributed by atoms with Gasteiger partial charge in [-0.1, -0.05) is 17.3 Å². The van der Waals surface area contributed by atoms with Crippen LogP contribution in [0, 0.1) is 0 Å². The van der Waals surface area contributed by atoms with Crippen molar-refractivity contribution in [1.82, 2.24) is 20.3 Å². The number of carboxylic acid groups (broad SMARTS) is 1. The summed E-state index contributed by atoms with van der Waals surface area (Å²) in [5, 5.41) is 24.8. The zero-order valence-electron chi connectivity index (χ0n) is 13.1. The third kappa shape index (κ3) is 3.00. The molecule has 0 fully saturated rings. The molecule has 1 aromatic carbocycles. The van der Waals surface area contributed by atoms with Crippen molar-refractivity contribution in [2.75, 3.05) is 0 Å². The van der Waals surface area contributed by atoms with E-state index >= 15 is 0 Å². The second-order valence-corrected chi connectivity index (χ2v) is 5.51. The molecule has 0 spiro atoms. The summed E-state index contributed by atoms with van der Waals surface area (Å²) in [5.74, 6) is -2.15. The summed E-state index contributed by atoms with van der Waals surface area (Å²) < 4.78 is 40.1. The van der Waals surface area contributed by atoms with Gasteiger partial charge >= 0.3 is 17.8 Å². The number of hydrogen-bond donors (Lipinski definition) is 2. The number of nitrogens with one attached hydrogen (secondary N) is 1. The Morgan fingerprint density at radius 2 is 1.85 bits per heavy atom. The third-order valence-electron chi connectivity index (χ3n) is 3.68. The van der Waals surface area contributed by atoms with E-state index in [1.54, 1.807) is 0 Å². The van der Waals surface area contributed by atoms with Gasteiger partial charge < -0.3 is 10.4 Å². The highest BCUT2D eigenvalue weighted by Crippen LogP contribution is 2.52. The average Bonchev–Trinajstić information content (AvgIpc) is 3.29. The van der Waals surface area contributed by atoms with E-state index in [-0.39, 0.29) is 16.8 Å². The number of carbonyl (C=O) groups is 2. The predicted octanol–water partition coefficient (Wildman–Crippen LogP) is 1.55. The van der Waals surface area contributed by atoms with Crippen molar-refractivity contribution >= 4 is 11.9 Å². The normalized spacial score (nSPS) is 16.2. The summed E-state index contributed by atoms with van der Waals surface area (Å²) >= 11 is 0. The highest BCUT2D eigenvalue weighted by atomic mass is 19.4. The minimum atomic E-state index is -4.67. The number of alkyl halides is 3. The number of benzene rings is 1. The fourth-order valence-corrected chi connectivity index (χ4v) is 2.27. The quantitative estimate of drug-likeness (QED) is 0.829. The SMILES string of the molecule is Cn1cc(C(NC(=O)c2ccc(C3(C(F)(F)F)N=N3)cc2)C(=O)O)nn1. The summed E-state index contributed by atoms with van der Waals surface area (Å²) in [6, 6.07) is 2.96. The van der Waals surface area contributed by atoms with Gasteiger partial charge in [-0.05, 0) is 12.1 Å². The van der Waals surface area contributed by atoms with Crippen LogP contribution in [0.5, 0.6) is 0 Å². The maximum atomic E-state index is 12.9. The summed E-state index contributed by atoms with van der Waals surface area (Å²) in [6.07, 6.45) is -3.34. The van der Waals surface area contributed by atoms with Crippen LogP contribution in [-0.4, -0.2) is 38.2 Å². The average molecular weight is 368 g/mol. The Morgan fingerprint density at radius 1 is 1.23 bits per heavy atom. The molecule has 1 unspecified atom stereocenters. The molecule has 2 N–H and O–H groups in total. The third-order valence-corrected chi connectivity index (χ3v) is 3.68. The van der Waals surface area contributed by atoms with Gasteiger partial charge in [0, 0.05) is 18.2 Å². The number of amides is 1. The first kappa shape index (κ1) is 17.5. The summed E-state index contributed by atoms with van der Waals surface area (Å²) in [7, 11) is 1.53. The molecular formula is C14H11F3N6O3. The van der Waals surface area contributed by atoms with Crippen LogP contribution in [0.4, 0.5) is 13.2 Å². The number of aryl methyl sites for hydroxylation is 1. The molecule has 1 aromatic heterocycles. The number of rotatable bonds is 5. The van der Waals surface area contributed by atoms with Gasteiger partial charge in [0.05, 0.1) is 6.20 Å². The first-order valence-corrected chi connectivity index (χ1v) is 7.15. The minimum Gasteiger partial charge on any atom is -0.479 e. The van der Waals surface area contributed by atoms with E-state index in [4.69, 9.17) is 0 Å². The highest BCUT2D eigenvalue weighted by molar-refractivity contribution is 5.96. The van der Waals surface area contributed by atoms with Crippen LogP contribution >= 0.6 is 0 Å². The number of halogens is 3. The van der Waals surface area contributed by atoms with Gasteiger partial charge in [0.2, 0.25) is 0 Å². The van der Waals surface area contributed by atoms with Gasteiger partial charge in [-0.25, -0.2) is 4.79 Å². The molecule has 136 valence electrons. The lowest BCUT2D eigenvalue weighted by atomic mass is 10.0. The van der Waals surface area contributed by atoms with Crippen LogP contribution in [0.1, 0.15) is 27.7 Å². The molecule has 1 atom stereocenters. The lowest BCUT2D eigenvalue weighted by molar-refractivity contribution is -0.166. The van der Waals surface area contributed by atoms with Crippen molar-refractivity contribution in [3.05, 3.63) is 47.3 Å². The van der Waals surface area contributed by atoms with Crippen LogP contribution in [-0.2, 0) is 17.5 Å². The van der Waals surface area contributed by atoms with Gasteiger partial charge in [-0.15, -0.1) is 15.3 Å². The summed E-state index contributed by atoms with van der Waals surface area (Å²) in [4.78, 5) is 23.6. The van der Waals surface area contributed by atoms with E-state index in [0.717, 1.165) is 24.3 Å². The molecule has 26 heavy (non-hydrogen) atoms. The standard InChI is InChI=1S/C14H11F3N6O3/c1-23-6-9(19-22-23)10(12(25)26)18-11(24)7-2-4-8(5-3-7)13(20-21-13)14(15,16)17/h2-6,10H,1H3,(H,18,24)(H,25,26). The van der Waals surface area contributed by atoms with Gasteiger partial charge in [-0.3, -0.25) is 9.48 Å². The number of carboxylic acids is 1. The van der Waals surface area contributed by atoms with Crippen LogP contribution in [0.25, 0.3) is 0 Å². The molecule has 0 bridgehead atoms. The van der Waals surface area contributed by atoms with Crippen LogP contribution in [0.2, 0.25) is 0 Å². The Hall–Kier alpha value is -3.31. The molecule has 0 radical (unpaired) electrons. The van der Waals surface area contributed by atoms with Crippen LogP contribution in [0.3, 0.4) is 0 Å². The minimum absolute atomic E-state index is 0.0107. The Kier molecular flexibility index (Phi) is 3.97. The number of aromatic nitrogens is 3. The predicted molar refractivity (Wildman–Crippen MR) is 77.9 cm³/mol. The van der Waals surface area contributed by atoms with Gasteiger partial charge in [0.1, 0.15) is 5.69 Å². The molecule has 0 saturated heterocycles. The van der Waals surface area contributed by atoms with Gasteiger partial charge in [0.15, 0.2) is 6.04 Å². The molecule has 0 saturated carbocycles. The molecule has 1 aliphatic rings. The molecule has 3 rings (SSSR count). The fraction of sp³-hybridized carbons (Fsp3) is 0.286. The molecular weight excluding hydrogens is 357 g/mol. The van der Waals surface area contributed by atoms with E-state index in [1.165, 1.54) is 17.9 Å². The molecule has 1 amide bonds. The van der Waals surface area contributed by atoms with Crippen molar-refractivity contribution in [3.63, 3.8) is 0 Å². The first-order chi connectivity index (χ1) is 12.1. The highest BCUT2D eigenvalue weighted by Gasteiger charge is 2.65. The molecule has 0 aliphatic carbocycles. The van der Waals surface area contributed by atoms with E-state index in [1.807, 2.05) is 0 Å². The Balaban J connectivity index is 1.77. The number of aliphatic carboxylic acids is 1. The number of nitrogens with zero attached hydrogens (tertiary/aromatic N) is 5. The van der Waals surface area contributed by atoms with Crippen LogP contribution in [0.15, 0.2) is 40.7 Å². The Morgan fingerprint density at radius 3 is 2.27 bits per heavy atom. The fourth-order valence-electron chi connectivity index (χ4n) is 2.27. The van der Waals surface area contributed by atoms with E-state index in [0.29, 0.717) is 0 Å². The zero-order chi connectivity index (χ0) is 19.1. The topological polar surface area (TPSA) is 122 Å². The molecule has 2 heterocycles. The molecule has 2 aromatic rings. The monoisotopic (exact) mass is 368 g/mol. The smallest absolute Gasteiger partial charge is 0.442 e. The first-order valence-electron chi connectivity index (χ1n) is 7.15. The van der Waals surface area contributed by atoms with Crippen molar-refractivity contribution in [2.45, 2.75) is 17.9 Å². The zero-order valence-corrected chi connectivity index (χ0v) is 13.1. The van der Waals surface area contributed by atoms with Crippen molar-refractivity contribution in [2.24, 2.45) is 17.3 Å². The van der Waals surface area contributed by atoms with Gasteiger partial charge in [0.25, 0.3) is 5.91 Å². The van der Waals surface area contributed by atoms with E-state index < -0.39 is 29.8 Å². The summed E-state index contributed by atoms with van der Waals surface area (Å²) in [5.41, 5.74) is -2.82. The van der Waals surface area contributed by atoms with Gasteiger partial charge in [-0.2, -0.15) is 13.2 Å². The lowest BCUT2D eigenvalue weighted by Gasteiger charge is -2.15.